The van der Waals surface area contributed by atoms with E-state index in [2.05, 4.69) is 46.7 Å². The molecule has 5 rings (SSSR count). The van der Waals surface area contributed by atoms with Crippen molar-refractivity contribution in [3.8, 4) is 0 Å². The van der Waals surface area contributed by atoms with Crippen molar-refractivity contribution in [1.29, 1.82) is 0 Å². The molecule has 1 heterocycles. The Kier molecular flexibility index (Phi) is 5.08. The fourth-order valence-electron chi connectivity index (χ4n) is 4.15. The highest BCUT2D eigenvalue weighted by atomic mass is 32.2. The molecule has 31 heavy (non-hydrogen) atoms. The van der Waals surface area contributed by atoms with E-state index in [-0.39, 0.29) is 5.43 Å². The van der Waals surface area contributed by atoms with E-state index in [9.17, 15) is 4.79 Å². The van der Waals surface area contributed by atoms with Crippen LogP contribution in [0, 0.1) is 6.92 Å². The number of rotatable bonds is 4. The molecule has 1 aliphatic heterocycles. The lowest BCUT2D eigenvalue weighted by molar-refractivity contribution is 0.927. The average Bonchev–Trinajstić information content (AvgIpc) is 3.19. The Labute approximate surface area is 186 Å². The summed E-state index contributed by atoms with van der Waals surface area (Å²) in [5.41, 5.74) is 5.09. The van der Waals surface area contributed by atoms with Crippen LogP contribution in [0.15, 0.2) is 99.6 Å². The molecule has 0 aromatic heterocycles. The van der Waals surface area contributed by atoms with Crippen LogP contribution < -0.4 is 20.3 Å². The molecule has 0 unspecified atom stereocenters. The largest absolute Gasteiger partial charge is 0.335 e. The lowest BCUT2D eigenvalue weighted by atomic mass is 10.0. The third-order valence-electron chi connectivity index (χ3n) is 5.69. The zero-order valence-corrected chi connectivity index (χ0v) is 18.4. The summed E-state index contributed by atoms with van der Waals surface area (Å²) in [6.45, 7) is 5.06. The minimum atomic E-state index is 0.0883. The highest BCUT2D eigenvalue weighted by Crippen LogP contribution is 2.46. The van der Waals surface area contributed by atoms with Crippen molar-refractivity contribution < 1.29 is 0 Å². The van der Waals surface area contributed by atoms with Crippen LogP contribution in [0.25, 0.3) is 6.08 Å². The van der Waals surface area contributed by atoms with Crippen molar-refractivity contribution in [2.45, 2.75) is 18.7 Å². The number of anilines is 1. The first kappa shape index (κ1) is 19.6. The smallest absolute Gasteiger partial charge is 0.263 e. The third-order valence-corrected chi connectivity index (χ3v) is 6.80. The molecule has 0 saturated carbocycles. The van der Waals surface area contributed by atoms with Gasteiger partial charge in [0.2, 0.25) is 11.4 Å². The molecular weight excluding hydrogens is 400 g/mol. The third kappa shape index (κ3) is 3.33. The predicted molar refractivity (Wildman–Crippen MR) is 131 cm³/mol. The molecule has 0 spiro atoms. The van der Waals surface area contributed by atoms with E-state index < -0.39 is 0 Å². The van der Waals surface area contributed by atoms with Gasteiger partial charge in [-0.2, -0.15) is 4.58 Å². The first-order valence-electron chi connectivity index (χ1n) is 10.5. The Balaban J connectivity index is 1.66. The summed E-state index contributed by atoms with van der Waals surface area (Å²) in [6.07, 6.45) is 2.06. The maximum atomic E-state index is 13.4. The number of nitrogens with zero attached hydrogens (tertiary/aromatic N) is 2. The number of fused-ring (bicyclic) bond motifs is 1. The van der Waals surface area contributed by atoms with Crippen molar-refractivity contribution >= 4 is 34.9 Å². The number of hydrogen-bond acceptors (Lipinski definition) is 3. The van der Waals surface area contributed by atoms with Crippen molar-refractivity contribution in [1.82, 2.24) is 4.58 Å². The topological polar surface area (TPSA) is 23.3 Å². The fourth-order valence-corrected chi connectivity index (χ4v) is 5.32. The van der Waals surface area contributed by atoms with Gasteiger partial charge in [-0.25, -0.2) is 0 Å². The number of para-hydroxylation sites is 3. The highest BCUT2D eigenvalue weighted by molar-refractivity contribution is 8.03. The van der Waals surface area contributed by atoms with Crippen LogP contribution in [-0.4, -0.2) is 6.54 Å². The lowest BCUT2D eigenvalue weighted by Crippen LogP contribution is -2.45. The van der Waals surface area contributed by atoms with Crippen LogP contribution in [0.1, 0.15) is 18.1 Å². The fraction of sp³-hybridized carbons (Fsp3) is 0.111. The molecule has 0 N–H and O–H groups in total. The molecule has 0 bridgehead atoms. The Hall–Kier alpha value is -3.37. The molecular formula is C27H23N2OS+. The van der Waals surface area contributed by atoms with E-state index >= 15 is 0 Å². The first-order chi connectivity index (χ1) is 15.2. The summed E-state index contributed by atoms with van der Waals surface area (Å²) in [5, 5.41) is 1.85. The van der Waals surface area contributed by atoms with Crippen molar-refractivity contribution in [3.63, 3.8) is 0 Å². The minimum absolute atomic E-state index is 0.0883. The Bertz CT molecular complexity index is 1320. The van der Waals surface area contributed by atoms with Gasteiger partial charge in [0, 0.05) is 46.8 Å². The van der Waals surface area contributed by atoms with E-state index in [1.807, 2.05) is 67.6 Å². The molecule has 1 aliphatic rings. The van der Waals surface area contributed by atoms with Crippen LogP contribution in [0.5, 0.6) is 0 Å². The Morgan fingerprint density at radius 2 is 1.45 bits per heavy atom. The van der Waals surface area contributed by atoms with Gasteiger partial charge in [-0.3, -0.25) is 4.79 Å². The number of benzene rings is 3. The molecule has 0 fully saturated rings. The second-order valence-corrected chi connectivity index (χ2v) is 8.58. The molecule has 152 valence electrons. The first-order valence-corrected chi connectivity index (χ1v) is 11.3. The highest BCUT2D eigenvalue weighted by Gasteiger charge is 2.28. The average molecular weight is 424 g/mol. The van der Waals surface area contributed by atoms with Crippen LogP contribution in [0.3, 0.4) is 0 Å². The zero-order chi connectivity index (χ0) is 21.4. The van der Waals surface area contributed by atoms with Crippen LogP contribution in [0.4, 0.5) is 17.1 Å². The summed E-state index contributed by atoms with van der Waals surface area (Å²) in [5.74, 6) is 0. The van der Waals surface area contributed by atoms with E-state index in [4.69, 9.17) is 0 Å². The molecule has 0 aliphatic carbocycles. The van der Waals surface area contributed by atoms with E-state index in [0.717, 1.165) is 39.4 Å². The molecule has 4 heteroatoms. The Morgan fingerprint density at radius 3 is 2.03 bits per heavy atom. The molecule has 0 saturated heterocycles. The van der Waals surface area contributed by atoms with Gasteiger partial charge in [-0.05, 0) is 32.1 Å². The van der Waals surface area contributed by atoms with Gasteiger partial charge in [0.25, 0.3) is 10.8 Å². The maximum Gasteiger partial charge on any atom is 0.263 e. The molecule has 3 nitrogen and oxygen atoms in total. The summed E-state index contributed by atoms with van der Waals surface area (Å²) >= 11 is 1.73. The van der Waals surface area contributed by atoms with Crippen molar-refractivity contribution in [3.05, 3.63) is 117 Å². The van der Waals surface area contributed by atoms with Crippen molar-refractivity contribution in [2.24, 2.45) is 0 Å². The minimum Gasteiger partial charge on any atom is -0.335 e. The standard InChI is InChI=1S/C27H23N2OS/c1-3-28-23-16-10-11-17-24(23)31-25(28)18-22-19(2)26(27(22)30)29(20-12-6-4-7-13-20)21-14-8-5-9-15-21/h4-18H,3H2,1-2H3/q+1. The lowest BCUT2D eigenvalue weighted by Gasteiger charge is -2.18. The normalized spacial score (nSPS) is 14.3. The van der Waals surface area contributed by atoms with E-state index in [0.29, 0.717) is 0 Å². The zero-order valence-electron chi connectivity index (χ0n) is 17.6. The van der Waals surface area contributed by atoms with Crippen LogP contribution in [-0.2, 0) is 0 Å². The Morgan fingerprint density at radius 1 is 0.871 bits per heavy atom. The van der Waals surface area contributed by atoms with Gasteiger partial charge in [0.05, 0.1) is 10.7 Å². The SMILES string of the molecule is CCN1C(=Cc2c(C)c(=[N+](c3ccccc3)c3ccccc3)c2=O)Sc2ccccc21. The van der Waals surface area contributed by atoms with Crippen LogP contribution in [0.2, 0.25) is 0 Å². The van der Waals surface area contributed by atoms with Crippen molar-refractivity contribution in [2.75, 3.05) is 11.4 Å². The van der Waals surface area contributed by atoms with Gasteiger partial charge in [0.1, 0.15) is 0 Å². The summed E-state index contributed by atoms with van der Waals surface area (Å²) in [4.78, 5) is 16.9. The second kappa shape index (κ2) is 8.05. The molecule has 0 radical (unpaired) electrons. The van der Waals surface area contributed by atoms with Gasteiger partial charge in [-0.15, -0.1) is 0 Å². The summed E-state index contributed by atoms with van der Waals surface area (Å²) < 4.78 is 2.06. The predicted octanol–water partition coefficient (Wildman–Crippen LogP) is 5.60. The molecule has 0 amide bonds. The quantitative estimate of drug-likeness (QED) is 0.399. The van der Waals surface area contributed by atoms with Gasteiger partial charge < -0.3 is 4.90 Å². The molecule has 4 aromatic rings. The van der Waals surface area contributed by atoms with Gasteiger partial charge in [0.15, 0.2) is 0 Å². The van der Waals surface area contributed by atoms with E-state index in [1.165, 1.54) is 10.6 Å². The summed E-state index contributed by atoms with van der Waals surface area (Å²) in [6, 6.07) is 28.6. The monoisotopic (exact) mass is 423 g/mol. The summed E-state index contributed by atoms with van der Waals surface area (Å²) in [7, 11) is 0. The number of hydrogen-bond donors (Lipinski definition) is 0. The maximum absolute atomic E-state index is 13.4. The van der Waals surface area contributed by atoms with Gasteiger partial charge >= 0.3 is 0 Å². The van der Waals surface area contributed by atoms with Crippen LogP contribution >= 0.6 is 11.8 Å². The van der Waals surface area contributed by atoms with Gasteiger partial charge in [-0.1, -0.05) is 60.3 Å². The van der Waals surface area contributed by atoms with E-state index in [1.54, 1.807) is 11.8 Å². The molecule has 0 atom stereocenters. The number of thioether (sulfide) groups is 1. The second-order valence-electron chi connectivity index (χ2n) is 7.52. The molecule has 4 aromatic carbocycles.